The first-order valence-electron chi connectivity index (χ1n) is 7.52. The van der Waals surface area contributed by atoms with Gasteiger partial charge in [-0.2, -0.15) is 0 Å². The number of rotatable bonds is 1. The van der Waals surface area contributed by atoms with Crippen LogP contribution < -0.4 is 5.32 Å². The van der Waals surface area contributed by atoms with Crippen molar-refractivity contribution in [3.8, 4) is 11.1 Å². The van der Waals surface area contributed by atoms with Gasteiger partial charge in [0.2, 0.25) is 0 Å². The minimum absolute atomic E-state index is 0.546. The summed E-state index contributed by atoms with van der Waals surface area (Å²) in [4.78, 5) is 3.47. The molecule has 1 aliphatic heterocycles. The van der Waals surface area contributed by atoms with Crippen molar-refractivity contribution < 1.29 is 8.78 Å². The fourth-order valence-electron chi connectivity index (χ4n) is 3.36. The quantitative estimate of drug-likeness (QED) is 0.702. The third kappa shape index (κ3) is 2.20. The van der Waals surface area contributed by atoms with E-state index in [1.807, 2.05) is 18.2 Å². The molecule has 2 aromatic carbocycles. The number of aromatic nitrogens is 1. The molecule has 0 spiro atoms. The third-order valence-electron chi connectivity index (χ3n) is 4.29. The molecule has 0 saturated carbocycles. The van der Waals surface area contributed by atoms with E-state index >= 15 is 0 Å². The largest absolute Gasteiger partial charge is 0.358 e. The minimum Gasteiger partial charge on any atom is -0.358 e. The molecule has 0 unspecified atom stereocenters. The second-order valence-corrected chi connectivity index (χ2v) is 5.72. The van der Waals surface area contributed by atoms with Crippen molar-refractivity contribution in [2.75, 3.05) is 13.1 Å². The molecule has 22 heavy (non-hydrogen) atoms. The van der Waals surface area contributed by atoms with Gasteiger partial charge in [-0.15, -0.1) is 0 Å². The molecule has 0 bridgehead atoms. The predicted octanol–water partition coefficient (Wildman–Crippen LogP) is 3.80. The maximum Gasteiger partial charge on any atom is 0.126 e. The van der Waals surface area contributed by atoms with Crippen LogP contribution in [-0.2, 0) is 12.8 Å². The second-order valence-electron chi connectivity index (χ2n) is 5.72. The molecular formula is C18H16F2N2. The van der Waals surface area contributed by atoms with E-state index in [-0.39, 0.29) is 0 Å². The molecule has 0 aliphatic carbocycles. The standard InChI is InChI=1S/C18H16F2N2/c19-12-8-11(9-13(20)10-12)14-2-1-3-17-18(14)15-4-6-21-7-5-16(15)22-17/h1-3,8-10,21-22H,4-7H2. The summed E-state index contributed by atoms with van der Waals surface area (Å²) in [7, 11) is 0. The predicted molar refractivity (Wildman–Crippen MR) is 83.9 cm³/mol. The van der Waals surface area contributed by atoms with Crippen molar-refractivity contribution in [1.82, 2.24) is 10.3 Å². The van der Waals surface area contributed by atoms with Gasteiger partial charge in [0.05, 0.1) is 0 Å². The summed E-state index contributed by atoms with van der Waals surface area (Å²) in [6.45, 7) is 1.87. The van der Waals surface area contributed by atoms with E-state index in [1.54, 1.807) is 0 Å². The summed E-state index contributed by atoms with van der Waals surface area (Å²) in [6.07, 6.45) is 1.87. The maximum absolute atomic E-state index is 13.6. The van der Waals surface area contributed by atoms with Crippen molar-refractivity contribution in [3.05, 3.63) is 59.3 Å². The summed E-state index contributed by atoms with van der Waals surface area (Å²) < 4.78 is 27.2. The molecular weight excluding hydrogens is 282 g/mol. The lowest BCUT2D eigenvalue weighted by atomic mass is 9.96. The number of fused-ring (bicyclic) bond motifs is 3. The highest BCUT2D eigenvalue weighted by Crippen LogP contribution is 2.34. The Labute approximate surface area is 127 Å². The average Bonchev–Trinajstić information content (AvgIpc) is 2.68. The number of benzene rings is 2. The molecule has 2 heterocycles. The van der Waals surface area contributed by atoms with E-state index in [0.29, 0.717) is 5.56 Å². The monoisotopic (exact) mass is 298 g/mol. The van der Waals surface area contributed by atoms with Crippen molar-refractivity contribution in [2.24, 2.45) is 0 Å². The van der Waals surface area contributed by atoms with Gasteiger partial charge < -0.3 is 10.3 Å². The lowest BCUT2D eigenvalue weighted by Gasteiger charge is -2.07. The van der Waals surface area contributed by atoms with Crippen LogP contribution in [0.3, 0.4) is 0 Å². The first-order valence-corrected chi connectivity index (χ1v) is 7.52. The summed E-state index contributed by atoms with van der Waals surface area (Å²) >= 11 is 0. The Bertz CT molecular complexity index is 831. The normalized spacial score (nSPS) is 14.8. The fourth-order valence-corrected chi connectivity index (χ4v) is 3.36. The van der Waals surface area contributed by atoms with E-state index in [0.717, 1.165) is 48.5 Å². The highest BCUT2D eigenvalue weighted by Gasteiger charge is 2.17. The molecule has 3 aromatic rings. The van der Waals surface area contributed by atoms with Gasteiger partial charge >= 0.3 is 0 Å². The zero-order valence-electron chi connectivity index (χ0n) is 12.0. The van der Waals surface area contributed by atoms with Crippen molar-refractivity contribution in [2.45, 2.75) is 12.8 Å². The summed E-state index contributed by atoms with van der Waals surface area (Å²) in [6, 6.07) is 9.58. The van der Waals surface area contributed by atoms with Crippen molar-refractivity contribution >= 4 is 10.9 Å². The van der Waals surface area contributed by atoms with Gasteiger partial charge in [0.15, 0.2) is 0 Å². The van der Waals surface area contributed by atoms with Crippen LogP contribution in [0.25, 0.3) is 22.0 Å². The Morgan fingerprint density at radius 3 is 2.50 bits per heavy atom. The Kier molecular flexibility index (Phi) is 3.19. The average molecular weight is 298 g/mol. The summed E-state index contributed by atoms with van der Waals surface area (Å²) in [5, 5.41) is 4.47. The van der Waals surface area contributed by atoms with Crippen LogP contribution in [0.4, 0.5) is 8.78 Å². The smallest absolute Gasteiger partial charge is 0.126 e. The van der Waals surface area contributed by atoms with Crippen LogP contribution in [0.5, 0.6) is 0 Å². The topological polar surface area (TPSA) is 27.8 Å². The zero-order valence-corrected chi connectivity index (χ0v) is 12.0. The zero-order chi connectivity index (χ0) is 15.1. The molecule has 0 amide bonds. The molecule has 1 aromatic heterocycles. The van der Waals surface area contributed by atoms with E-state index in [4.69, 9.17) is 0 Å². The number of nitrogens with one attached hydrogen (secondary N) is 2. The number of hydrogen-bond donors (Lipinski definition) is 2. The Hall–Kier alpha value is -2.20. The molecule has 0 radical (unpaired) electrons. The molecule has 4 rings (SSSR count). The van der Waals surface area contributed by atoms with Crippen molar-refractivity contribution in [1.29, 1.82) is 0 Å². The number of hydrogen-bond acceptors (Lipinski definition) is 1. The first kappa shape index (κ1) is 13.5. The molecule has 0 saturated heterocycles. The molecule has 4 heteroatoms. The molecule has 0 fully saturated rings. The van der Waals surface area contributed by atoms with E-state index in [9.17, 15) is 8.78 Å². The van der Waals surface area contributed by atoms with Gasteiger partial charge in [0.25, 0.3) is 0 Å². The van der Waals surface area contributed by atoms with Gasteiger partial charge in [-0.1, -0.05) is 12.1 Å². The lowest BCUT2D eigenvalue weighted by molar-refractivity contribution is 0.584. The van der Waals surface area contributed by atoms with Gasteiger partial charge in [-0.05, 0) is 47.9 Å². The van der Waals surface area contributed by atoms with Crippen LogP contribution in [0.15, 0.2) is 36.4 Å². The second kappa shape index (κ2) is 5.21. The SMILES string of the molecule is Fc1cc(F)cc(-c2cccc3[nH]c4c(c23)CCNCC4)c1. The van der Waals surface area contributed by atoms with Crippen LogP contribution in [-0.4, -0.2) is 18.1 Å². The lowest BCUT2D eigenvalue weighted by Crippen LogP contribution is -2.16. The maximum atomic E-state index is 13.6. The minimum atomic E-state index is -0.546. The molecule has 2 N–H and O–H groups in total. The highest BCUT2D eigenvalue weighted by molar-refractivity contribution is 5.98. The summed E-state index contributed by atoms with van der Waals surface area (Å²) in [5.74, 6) is -1.09. The summed E-state index contributed by atoms with van der Waals surface area (Å²) in [5.41, 5.74) is 5.00. The van der Waals surface area contributed by atoms with Gasteiger partial charge in [-0.25, -0.2) is 8.78 Å². The Morgan fingerprint density at radius 1 is 0.909 bits per heavy atom. The Morgan fingerprint density at radius 2 is 1.68 bits per heavy atom. The molecule has 2 nitrogen and oxygen atoms in total. The van der Waals surface area contributed by atoms with Crippen LogP contribution in [0, 0.1) is 11.6 Å². The number of halogens is 2. The third-order valence-corrected chi connectivity index (χ3v) is 4.29. The van der Waals surface area contributed by atoms with Crippen LogP contribution >= 0.6 is 0 Å². The molecule has 1 aliphatic rings. The molecule has 0 atom stereocenters. The van der Waals surface area contributed by atoms with Crippen LogP contribution in [0.1, 0.15) is 11.3 Å². The van der Waals surface area contributed by atoms with Gasteiger partial charge in [0, 0.05) is 35.6 Å². The van der Waals surface area contributed by atoms with Gasteiger partial charge in [0.1, 0.15) is 11.6 Å². The van der Waals surface area contributed by atoms with Crippen LogP contribution in [0.2, 0.25) is 0 Å². The molecule has 112 valence electrons. The van der Waals surface area contributed by atoms with E-state index < -0.39 is 11.6 Å². The fraction of sp³-hybridized carbons (Fsp3) is 0.222. The Balaban J connectivity index is 1.99. The number of H-pyrrole nitrogens is 1. The highest BCUT2D eigenvalue weighted by atomic mass is 19.1. The van der Waals surface area contributed by atoms with Crippen molar-refractivity contribution in [3.63, 3.8) is 0 Å². The number of aromatic amines is 1. The first-order chi connectivity index (χ1) is 10.7. The van der Waals surface area contributed by atoms with Gasteiger partial charge in [-0.3, -0.25) is 0 Å². The van der Waals surface area contributed by atoms with E-state index in [2.05, 4.69) is 10.3 Å². The van der Waals surface area contributed by atoms with E-state index in [1.165, 1.54) is 23.4 Å².